The van der Waals surface area contributed by atoms with Crippen molar-refractivity contribution in [1.82, 2.24) is 10.6 Å². The summed E-state index contributed by atoms with van der Waals surface area (Å²) in [7, 11) is 1.65. The summed E-state index contributed by atoms with van der Waals surface area (Å²) in [5.74, 6) is 1.42. The van der Waals surface area contributed by atoms with Crippen LogP contribution in [0.25, 0.3) is 0 Å². The summed E-state index contributed by atoms with van der Waals surface area (Å²) < 4.78 is 5.20. The fourth-order valence-corrected chi connectivity index (χ4v) is 2.48. The van der Waals surface area contributed by atoms with E-state index in [0.717, 1.165) is 24.4 Å². The lowest BCUT2D eigenvalue weighted by molar-refractivity contribution is -0.126. The predicted octanol–water partition coefficient (Wildman–Crippen LogP) is 1.73. The number of carbonyl (C=O) groups excluding carboxylic acids is 1. The van der Waals surface area contributed by atoms with Gasteiger partial charge in [0.05, 0.1) is 19.1 Å². The van der Waals surface area contributed by atoms with Crippen LogP contribution in [-0.4, -0.2) is 26.1 Å². The second kappa shape index (κ2) is 6.06. The van der Waals surface area contributed by atoms with E-state index in [1.54, 1.807) is 7.11 Å². The molecule has 1 heterocycles. The Morgan fingerprint density at radius 3 is 2.89 bits per heavy atom. The highest BCUT2D eigenvalue weighted by molar-refractivity contribution is 5.80. The van der Waals surface area contributed by atoms with Crippen LogP contribution in [0.1, 0.15) is 25.5 Å². The van der Waals surface area contributed by atoms with Gasteiger partial charge in [0.1, 0.15) is 5.75 Å². The van der Waals surface area contributed by atoms with Crippen molar-refractivity contribution in [2.24, 2.45) is 11.8 Å². The Labute approximate surface area is 114 Å². The Bertz CT molecular complexity index is 448. The number of methoxy groups -OCH3 is 1. The van der Waals surface area contributed by atoms with Crippen molar-refractivity contribution in [2.75, 3.05) is 20.2 Å². The first-order valence-electron chi connectivity index (χ1n) is 6.77. The van der Waals surface area contributed by atoms with E-state index in [2.05, 4.69) is 17.6 Å². The highest BCUT2D eigenvalue weighted by Crippen LogP contribution is 2.21. The summed E-state index contributed by atoms with van der Waals surface area (Å²) in [6, 6.07) is 7.80. The Balaban J connectivity index is 1.99. The van der Waals surface area contributed by atoms with Crippen LogP contribution in [-0.2, 0) is 4.79 Å². The van der Waals surface area contributed by atoms with Gasteiger partial charge in [-0.2, -0.15) is 0 Å². The van der Waals surface area contributed by atoms with Gasteiger partial charge in [0.15, 0.2) is 0 Å². The Kier molecular flexibility index (Phi) is 4.43. The molecule has 0 radical (unpaired) electrons. The van der Waals surface area contributed by atoms with Crippen LogP contribution in [0.4, 0.5) is 0 Å². The van der Waals surface area contributed by atoms with E-state index in [1.165, 1.54) is 0 Å². The summed E-state index contributed by atoms with van der Waals surface area (Å²) in [5, 5.41) is 6.34. The molecule has 1 amide bonds. The first-order chi connectivity index (χ1) is 9.11. The number of nitrogens with one attached hydrogen (secondary N) is 2. The zero-order valence-electron chi connectivity index (χ0n) is 11.8. The Hall–Kier alpha value is -1.55. The van der Waals surface area contributed by atoms with Gasteiger partial charge in [0.25, 0.3) is 0 Å². The van der Waals surface area contributed by atoms with E-state index in [0.29, 0.717) is 5.92 Å². The maximum atomic E-state index is 12.2. The molecule has 1 saturated heterocycles. The molecular weight excluding hydrogens is 240 g/mol. The summed E-state index contributed by atoms with van der Waals surface area (Å²) in [6.07, 6.45) is 0. The SMILES string of the molecule is COc1cccc(C(C)NC(=O)C2CNCC2C)c1. The molecule has 3 atom stereocenters. The van der Waals surface area contributed by atoms with Gasteiger partial charge in [-0.15, -0.1) is 0 Å². The standard InChI is InChI=1S/C15H22N2O2/c1-10-8-16-9-14(10)15(18)17-11(2)12-5-4-6-13(7-12)19-3/h4-7,10-11,14,16H,8-9H2,1-3H3,(H,17,18). The number of rotatable bonds is 4. The molecule has 0 saturated carbocycles. The van der Waals surface area contributed by atoms with Crippen molar-refractivity contribution in [3.05, 3.63) is 29.8 Å². The van der Waals surface area contributed by atoms with Crippen LogP contribution in [0.2, 0.25) is 0 Å². The molecule has 2 rings (SSSR count). The van der Waals surface area contributed by atoms with Gasteiger partial charge in [-0.3, -0.25) is 4.79 Å². The Morgan fingerprint density at radius 1 is 1.47 bits per heavy atom. The van der Waals surface area contributed by atoms with E-state index in [1.807, 2.05) is 31.2 Å². The molecule has 0 bridgehead atoms. The van der Waals surface area contributed by atoms with Gasteiger partial charge < -0.3 is 15.4 Å². The topological polar surface area (TPSA) is 50.4 Å². The molecule has 1 aliphatic rings. The average molecular weight is 262 g/mol. The minimum Gasteiger partial charge on any atom is -0.497 e. The zero-order chi connectivity index (χ0) is 13.8. The molecule has 1 fully saturated rings. The fraction of sp³-hybridized carbons (Fsp3) is 0.533. The molecule has 4 heteroatoms. The van der Waals surface area contributed by atoms with Crippen LogP contribution in [0.15, 0.2) is 24.3 Å². The molecule has 2 N–H and O–H groups in total. The van der Waals surface area contributed by atoms with Crippen LogP contribution < -0.4 is 15.4 Å². The van der Waals surface area contributed by atoms with E-state index in [-0.39, 0.29) is 17.9 Å². The number of carbonyl (C=O) groups is 1. The number of amides is 1. The average Bonchev–Trinajstić information content (AvgIpc) is 2.85. The third-order valence-electron chi connectivity index (χ3n) is 3.81. The number of hydrogen-bond donors (Lipinski definition) is 2. The van der Waals surface area contributed by atoms with Crippen molar-refractivity contribution in [1.29, 1.82) is 0 Å². The number of ether oxygens (including phenoxy) is 1. The second-order valence-electron chi connectivity index (χ2n) is 5.25. The first kappa shape index (κ1) is 13.9. The van der Waals surface area contributed by atoms with Crippen molar-refractivity contribution >= 4 is 5.91 Å². The molecule has 0 spiro atoms. The van der Waals surface area contributed by atoms with Crippen LogP contribution >= 0.6 is 0 Å². The highest BCUT2D eigenvalue weighted by atomic mass is 16.5. The quantitative estimate of drug-likeness (QED) is 0.869. The van der Waals surface area contributed by atoms with Crippen molar-refractivity contribution in [3.63, 3.8) is 0 Å². The first-order valence-corrected chi connectivity index (χ1v) is 6.77. The monoisotopic (exact) mass is 262 g/mol. The minimum absolute atomic E-state index is 0.00426. The van der Waals surface area contributed by atoms with Gasteiger partial charge >= 0.3 is 0 Å². The lowest BCUT2D eigenvalue weighted by Crippen LogP contribution is -2.35. The highest BCUT2D eigenvalue weighted by Gasteiger charge is 2.30. The molecule has 19 heavy (non-hydrogen) atoms. The van der Waals surface area contributed by atoms with E-state index >= 15 is 0 Å². The molecule has 1 aromatic carbocycles. The molecule has 104 valence electrons. The molecule has 0 aliphatic carbocycles. The van der Waals surface area contributed by atoms with Crippen molar-refractivity contribution in [3.8, 4) is 5.75 Å². The lowest BCUT2D eigenvalue weighted by atomic mass is 9.96. The van der Waals surface area contributed by atoms with E-state index in [9.17, 15) is 4.79 Å². The van der Waals surface area contributed by atoms with E-state index in [4.69, 9.17) is 4.74 Å². The van der Waals surface area contributed by atoms with Gasteiger partial charge in [-0.1, -0.05) is 19.1 Å². The van der Waals surface area contributed by atoms with E-state index < -0.39 is 0 Å². The largest absolute Gasteiger partial charge is 0.497 e. The molecule has 4 nitrogen and oxygen atoms in total. The maximum Gasteiger partial charge on any atom is 0.225 e. The zero-order valence-corrected chi connectivity index (χ0v) is 11.8. The summed E-state index contributed by atoms with van der Waals surface area (Å²) >= 11 is 0. The normalized spacial score (nSPS) is 23.9. The molecule has 1 aliphatic heterocycles. The van der Waals surface area contributed by atoms with Gasteiger partial charge in [0, 0.05) is 6.54 Å². The van der Waals surface area contributed by atoms with Crippen LogP contribution in [0.3, 0.4) is 0 Å². The maximum absolute atomic E-state index is 12.2. The van der Waals surface area contributed by atoms with Gasteiger partial charge in [-0.25, -0.2) is 0 Å². The molecular formula is C15H22N2O2. The molecule has 0 aromatic heterocycles. The Morgan fingerprint density at radius 2 is 2.26 bits per heavy atom. The predicted molar refractivity (Wildman–Crippen MR) is 75.1 cm³/mol. The van der Waals surface area contributed by atoms with Crippen LogP contribution in [0, 0.1) is 11.8 Å². The minimum atomic E-state index is -0.00426. The number of hydrogen-bond acceptors (Lipinski definition) is 3. The molecule has 1 aromatic rings. The molecule has 3 unspecified atom stereocenters. The third-order valence-corrected chi connectivity index (χ3v) is 3.81. The van der Waals surface area contributed by atoms with Gasteiger partial charge in [-0.05, 0) is 37.1 Å². The summed E-state index contributed by atoms with van der Waals surface area (Å²) in [4.78, 5) is 12.2. The van der Waals surface area contributed by atoms with Crippen LogP contribution in [0.5, 0.6) is 5.75 Å². The number of benzene rings is 1. The third kappa shape index (κ3) is 3.26. The summed E-state index contributed by atoms with van der Waals surface area (Å²) in [5.41, 5.74) is 1.06. The fourth-order valence-electron chi connectivity index (χ4n) is 2.48. The van der Waals surface area contributed by atoms with Gasteiger partial charge in [0.2, 0.25) is 5.91 Å². The summed E-state index contributed by atoms with van der Waals surface area (Å²) in [6.45, 7) is 5.81. The smallest absolute Gasteiger partial charge is 0.225 e. The lowest BCUT2D eigenvalue weighted by Gasteiger charge is -2.19. The van der Waals surface area contributed by atoms with Crippen molar-refractivity contribution < 1.29 is 9.53 Å². The second-order valence-corrected chi connectivity index (χ2v) is 5.25. The van der Waals surface area contributed by atoms with Crippen molar-refractivity contribution in [2.45, 2.75) is 19.9 Å².